The zero-order valence-electron chi connectivity index (χ0n) is 20.0. The van der Waals surface area contributed by atoms with Crippen molar-refractivity contribution in [1.29, 1.82) is 0 Å². The zero-order valence-corrected chi connectivity index (χ0v) is 20.0. The van der Waals surface area contributed by atoms with Gasteiger partial charge in [-0.2, -0.15) is 0 Å². The summed E-state index contributed by atoms with van der Waals surface area (Å²) in [4.78, 5) is 15.9. The highest BCUT2D eigenvalue weighted by Gasteiger charge is 2.27. The third kappa shape index (κ3) is 6.26. The molecule has 0 radical (unpaired) electrons. The fourth-order valence-corrected chi connectivity index (χ4v) is 3.77. The molecule has 0 unspecified atom stereocenters. The van der Waals surface area contributed by atoms with Crippen molar-refractivity contribution in [1.82, 2.24) is 14.9 Å². The third-order valence-corrected chi connectivity index (χ3v) is 5.36. The van der Waals surface area contributed by atoms with Crippen LogP contribution >= 0.6 is 0 Å². The molecule has 1 aromatic carbocycles. The van der Waals surface area contributed by atoms with Crippen LogP contribution in [-0.4, -0.2) is 54.3 Å². The first-order valence-corrected chi connectivity index (χ1v) is 11.1. The van der Waals surface area contributed by atoms with Gasteiger partial charge in [0.2, 0.25) is 0 Å². The Morgan fingerprint density at radius 3 is 2.64 bits per heavy atom. The zero-order chi connectivity index (χ0) is 24.0. The minimum Gasteiger partial charge on any atom is -0.383 e. The standard InChI is InChI=1S/C27H34N6/c1-7-19(17-33(5)6)20-9-8-10-21(12-20)26-30-16-25(22(15-29-4)11-18(2)3)27(32-26)31-24-13-23(28)14-24/h7-12,15-17,23-24H,1-2,13-14,28H2,3-6H3,(H,30,31,32)/b19-17+,22-11+,29-15-/t23-,24+. The number of nitrogens with zero attached hydrogens (tertiary/aromatic N) is 4. The SMILES string of the molecule is C=C/C(=C\N(C)C)c1cccc(-c2ncc(C(/C=N\C)=C/C(=C)C)c(N[C@H]3C[C@@H](N)C3)n2)c1. The summed E-state index contributed by atoms with van der Waals surface area (Å²) < 4.78 is 0. The van der Waals surface area contributed by atoms with E-state index in [1.165, 1.54) is 0 Å². The maximum Gasteiger partial charge on any atom is 0.161 e. The Morgan fingerprint density at radius 1 is 1.27 bits per heavy atom. The first-order chi connectivity index (χ1) is 15.8. The summed E-state index contributed by atoms with van der Waals surface area (Å²) in [6.07, 6.45) is 11.4. The number of hydrogen-bond donors (Lipinski definition) is 2. The van der Waals surface area contributed by atoms with Gasteiger partial charge in [0, 0.05) is 68.5 Å². The lowest BCUT2D eigenvalue weighted by molar-refractivity contribution is 0.373. The van der Waals surface area contributed by atoms with Crippen molar-refractivity contribution >= 4 is 23.2 Å². The van der Waals surface area contributed by atoms with Crippen LogP contribution in [0.4, 0.5) is 5.82 Å². The normalized spacial score (nSPS) is 18.7. The summed E-state index contributed by atoms with van der Waals surface area (Å²) in [7, 11) is 5.74. The fraction of sp³-hybridized carbons (Fsp3) is 0.296. The Kier molecular flexibility index (Phi) is 7.96. The van der Waals surface area contributed by atoms with Gasteiger partial charge in [0.15, 0.2) is 5.82 Å². The van der Waals surface area contributed by atoms with Crippen LogP contribution in [0.15, 0.2) is 72.5 Å². The lowest BCUT2D eigenvalue weighted by Gasteiger charge is -2.34. The van der Waals surface area contributed by atoms with Crippen molar-refractivity contribution in [3.8, 4) is 11.4 Å². The van der Waals surface area contributed by atoms with Gasteiger partial charge in [-0.25, -0.2) is 9.97 Å². The van der Waals surface area contributed by atoms with Gasteiger partial charge in [-0.05, 0) is 37.0 Å². The molecule has 0 amide bonds. The first kappa shape index (κ1) is 24.1. The van der Waals surface area contributed by atoms with Gasteiger partial charge in [-0.3, -0.25) is 4.99 Å². The summed E-state index contributed by atoms with van der Waals surface area (Å²) >= 11 is 0. The molecule has 33 heavy (non-hydrogen) atoms. The Morgan fingerprint density at radius 2 is 2.03 bits per heavy atom. The molecule has 1 aliphatic rings. The van der Waals surface area contributed by atoms with E-state index in [9.17, 15) is 0 Å². The van der Waals surface area contributed by atoms with E-state index in [0.29, 0.717) is 11.9 Å². The number of benzene rings is 1. The van der Waals surface area contributed by atoms with Crippen LogP contribution in [0.5, 0.6) is 0 Å². The van der Waals surface area contributed by atoms with Gasteiger partial charge in [0.25, 0.3) is 0 Å². The predicted octanol–water partition coefficient (Wildman–Crippen LogP) is 4.79. The van der Waals surface area contributed by atoms with E-state index < -0.39 is 0 Å². The second kappa shape index (κ2) is 10.9. The second-order valence-electron chi connectivity index (χ2n) is 8.69. The molecule has 2 aromatic rings. The largest absolute Gasteiger partial charge is 0.383 e. The predicted molar refractivity (Wildman–Crippen MR) is 141 cm³/mol. The number of hydrogen-bond acceptors (Lipinski definition) is 6. The first-order valence-electron chi connectivity index (χ1n) is 11.1. The van der Waals surface area contributed by atoms with Crippen molar-refractivity contribution in [3.05, 3.63) is 78.7 Å². The Balaban J connectivity index is 2.06. The van der Waals surface area contributed by atoms with Gasteiger partial charge < -0.3 is 16.0 Å². The fourth-order valence-electron chi connectivity index (χ4n) is 3.77. The average molecular weight is 443 g/mol. The highest BCUT2D eigenvalue weighted by Crippen LogP contribution is 2.30. The van der Waals surface area contributed by atoms with Crippen LogP contribution in [0.1, 0.15) is 30.9 Å². The van der Waals surface area contributed by atoms with E-state index in [1.54, 1.807) is 7.05 Å². The van der Waals surface area contributed by atoms with Crippen molar-refractivity contribution in [3.63, 3.8) is 0 Å². The maximum absolute atomic E-state index is 6.01. The highest BCUT2D eigenvalue weighted by atomic mass is 15.1. The van der Waals surface area contributed by atoms with E-state index >= 15 is 0 Å². The number of rotatable bonds is 9. The van der Waals surface area contributed by atoms with Crippen molar-refractivity contribution < 1.29 is 0 Å². The van der Waals surface area contributed by atoms with E-state index in [1.807, 2.05) is 68.8 Å². The van der Waals surface area contributed by atoms with Gasteiger partial charge in [0.1, 0.15) is 5.82 Å². The molecule has 1 saturated carbocycles. The summed E-state index contributed by atoms with van der Waals surface area (Å²) in [6, 6.07) is 8.74. The van der Waals surface area contributed by atoms with Crippen LogP contribution in [0.25, 0.3) is 22.5 Å². The number of nitrogens with one attached hydrogen (secondary N) is 1. The summed E-state index contributed by atoms with van der Waals surface area (Å²) in [5.74, 6) is 1.44. The average Bonchev–Trinajstić information content (AvgIpc) is 2.76. The molecule has 1 aromatic heterocycles. The molecule has 6 heteroatoms. The second-order valence-corrected chi connectivity index (χ2v) is 8.69. The number of nitrogens with two attached hydrogens (primary N) is 1. The number of allylic oxidation sites excluding steroid dienone is 5. The van der Waals surface area contributed by atoms with Crippen LogP contribution in [0.3, 0.4) is 0 Å². The van der Waals surface area contributed by atoms with Crippen LogP contribution < -0.4 is 11.1 Å². The van der Waals surface area contributed by atoms with Gasteiger partial charge in [-0.1, -0.05) is 49.1 Å². The molecule has 3 rings (SSSR count). The molecule has 1 fully saturated rings. The summed E-state index contributed by atoms with van der Waals surface area (Å²) in [6.45, 7) is 9.94. The van der Waals surface area contributed by atoms with E-state index in [4.69, 9.17) is 15.7 Å². The smallest absolute Gasteiger partial charge is 0.161 e. The topological polar surface area (TPSA) is 79.4 Å². The maximum atomic E-state index is 6.01. The van der Waals surface area contributed by atoms with Gasteiger partial charge >= 0.3 is 0 Å². The molecular weight excluding hydrogens is 408 g/mol. The molecular formula is C27H34N6. The lowest BCUT2D eigenvalue weighted by Crippen LogP contribution is -2.44. The minimum atomic E-state index is 0.243. The van der Waals surface area contributed by atoms with Crippen LogP contribution in [0.2, 0.25) is 0 Å². The molecule has 0 bridgehead atoms. The number of aromatic nitrogens is 2. The molecule has 3 N–H and O–H groups in total. The Labute approximate surface area is 197 Å². The van der Waals surface area contributed by atoms with Gasteiger partial charge in [-0.15, -0.1) is 0 Å². The van der Waals surface area contributed by atoms with Crippen molar-refractivity contribution in [2.24, 2.45) is 10.7 Å². The number of anilines is 1. The lowest BCUT2D eigenvalue weighted by atomic mass is 9.87. The highest BCUT2D eigenvalue weighted by molar-refractivity contribution is 6.12. The number of aliphatic imine (C=N–C) groups is 1. The monoisotopic (exact) mass is 442 g/mol. The van der Waals surface area contributed by atoms with Crippen molar-refractivity contribution in [2.75, 3.05) is 26.5 Å². The van der Waals surface area contributed by atoms with Gasteiger partial charge in [0.05, 0.1) is 0 Å². The Bertz CT molecular complexity index is 1100. The van der Waals surface area contributed by atoms with E-state index in [-0.39, 0.29) is 6.04 Å². The molecule has 0 aliphatic heterocycles. The van der Waals surface area contributed by atoms with E-state index in [2.05, 4.69) is 35.6 Å². The molecule has 172 valence electrons. The third-order valence-electron chi connectivity index (χ3n) is 5.36. The van der Waals surface area contributed by atoms with E-state index in [0.717, 1.165) is 52.1 Å². The quantitative estimate of drug-likeness (QED) is 0.431. The minimum absolute atomic E-state index is 0.243. The molecule has 0 saturated heterocycles. The van der Waals surface area contributed by atoms with Crippen LogP contribution in [-0.2, 0) is 0 Å². The van der Waals surface area contributed by atoms with Crippen molar-refractivity contribution in [2.45, 2.75) is 31.8 Å². The molecule has 1 aliphatic carbocycles. The summed E-state index contributed by atoms with van der Waals surface area (Å²) in [5.41, 5.74) is 11.8. The van der Waals surface area contributed by atoms with Crippen LogP contribution in [0, 0.1) is 0 Å². The Hall–Kier alpha value is -3.51. The molecule has 1 heterocycles. The molecule has 0 spiro atoms. The molecule has 0 atom stereocenters. The summed E-state index contributed by atoms with van der Waals surface area (Å²) in [5, 5.41) is 3.58. The molecule has 6 nitrogen and oxygen atoms in total.